The number of hydrogen-bond acceptors (Lipinski definition) is 3. The number of fused-ring (bicyclic) bond motifs is 1. The molecule has 0 saturated carbocycles. The van der Waals surface area contributed by atoms with Crippen LogP contribution in [0.4, 0.5) is 36.4 Å². The Morgan fingerprint density at radius 2 is 1.80 bits per heavy atom. The standard InChI is InChI=1S/C18H13F7N4O/c1-8-14-9(15(19)20)6-12(16(21)22)27-17(14)29(28-8)7-13(30)26-11-5-3-2-4-10(11)18(23,24)25/h2-6,15-16H,7H2,1H3,(H,26,30). The Hall–Kier alpha value is -3.18. The van der Waals surface area contributed by atoms with Crippen LogP contribution in [-0.4, -0.2) is 20.7 Å². The Morgan fingerprint density at radius 3 is 2.40 bits per heavy atom. The Morgan fingerprint density at radius 1 is 1.13 bits per heavy atom. The van der Waals surface area contributed by atoms with Gasteiger partial charge in [0.05, 0.1) is 22.3 Å². The number of carbonyl (C=O) groups is 1. The molecule has 3 rings (SSSR count). The van der Waals surface area contributed by atoms with Gasteiger partial charge in [0.15, 0.2) is 5.65 Å². The predicted molar refractivity (Wildman–Crippen MR) is 92.3 cm³/mol. The van der Waals surface area contributed by atoms with Crippen molar-refractivity contribution < 1.29 is 35.5 Å². The second-order valence-electron chi connectivity index (χ2n) is 6.27. The zero-order valence-electron chi connectivity index (χ0n) is 15.1. The van der Waals surface area contributed by atoms with Crippen molar-refractivity contribution in [2.24, 2.45) is 0 Å². The lowest BCUT2D eigenvalue weighted by atomic mass is 10.1. The van der Waals surface area contributed by atoms with Crippen LogP contribution < -0.4 is 5.32 Å². The first-order valence-electron chi connectivity index (χ1n) is 8.39. The maximum Gasteiger partial charge on any atom is 0.418 e. The van der Waals surface area contributed by atoms with Gasteiger partial charge in [-0.1, -0.05) is 12.1 Å². The lowest BCUT2D eigenvalue weighted by Crippen LogP contribution is -2.22. The van der Waals surface area contributed by atoms with E-state index in [1.165, 1.54) is 13.0 Å². The zero-order valence-corrected chi connectivity index (χ0v) is 15.1. The number of para-hydroxylation sites is 1. The number of pyridine rings is 1. The maximum absolute atomic E-state index is 13.3. The highest BCUT2D eigenvalue weighted by Gasteiger charge is 2.33. The molecular weight excluding hydrogens is 421 g/mol. The largest absolute Gasteiger partial charge is 0.418 e. The molecule has 0 saturated heterocycles. The van der Waals surface area contributed by atoms with Crippen LogP contribution >= 0.6 is 0 Å². The lowest BCUT2D eigenvalue weighted by molar-refractivity contribution is -0.137. The van der Waals surface area contributed by atoms with E-state index in [9.17, 15) is 35.5 Å². The minimum Gasteiger partial charge on any atom is -0.324 e. The highest BCUT2D eigenvalue weighted by molar-refractivity contribution is 5.92. The fourth-order valence-corrected chi connectivity index (χ4v) is 2.97. The number of aryl methyl sites for hydroxylation is 1. The van der Waals surface area contributed by atoms with Crippen molar-refractivity contribution in [1.29, 1.82) is 0 Å². The van der Waals surface area contributed by atoms with Crippen LogP contribution in [0, 0.1) is 6.92 Å². The number of carbonyl (C=O) groups excluding carboxylic acids is 1. The zero-order chi connectivity index (χ0) is 22.2. The third-order valence-corrected chi connectivity index (χ3v) is 4.19. The predicted octanol–water partition coefficient (Wildman–Crippen LogP) is 5.27. The van der Waals surface area contributed by atoms with Crippen LogP contribution in [-0.2, 0) is 17.5 Å². The Kier molecular flexibility index (Phi) is 5.68. The van der Waals surface area contributed by atoms with Crippen molar-refractivity contribution in [3.8, 4) is 0 Å². The Bertz CT molecular complexity index is 1090. The van der Waals surface area contributed by atoms with Gasteiger partial charge >= 0.3 is 6.18 Å². The number of nitrogens with zero attached hydrogens (tertiary/aromatic N) is 3. The van der Waals surface area contributed by atoms with Gasteiger partial charge in [-0.05, 0) is 25.1 Å². The van der Waals surface area contributed by atoms with Crippen molar-refractivity contribution in [2.45, 2.75) is 32.5 Å². The molecule has 0 atom stereocenters. The number of anilines is 1. The van der Waals surface area contributed by atoms with E-state index in [1.807, 2.05) is 0 Å². The summed E-state index contributed by atoms with van der Waals surface area (Å²) in [5.74, 6) is -0.973. The molecule has 1 aromatic carbocycles. The van der Waals surface area contributed by atoms with E-state index in [1.54, 1.807) is 0 Å². The Labute approximate surface area is 164 Å². The van der Waals surface area contributed by atoms with Crippen molar-refractivity contribution in [3.63, 3.8) is 0 Å². The molecule has 0 bridgehead atoms. The van der Waals surface area contributed by atoms with Crippen LogP contribution in [0.15, 0.2) is 30.3 Å². The summed E-state index contributed by atoms with van der Waals surface area (Å²) in [5, 5.41) is 5.75. The molecule has 0 aliphatic carbocycles. The minimum atomic E-state index is -4.72. The first kappa shape index (κ1) is 21.5. The van der Waals surface area contributed by atoms with E-state index >= 15 is 0 Å². The highest BCUT2D eigenvalue weighted by atomic mass is 19.4. The van der Waals surface area contributed by atoms with Gasteiger partial charge in [-0.2, -0.15) is 18.3 Å². The molecule has 12 heteroatoms. The number of amides is 1. The summed E-state index contributed by atoms with van der Waals surface area (Å²) in [5.41, 5.74) is -3.63. The molecule has 0 aliphatic heterocycles. The second-order valence-corrected chi connectivity index (χ2v) is 6.27. The molecule has 2 heterocycles. The fourth-order valence-electron chi connectivity index (χ4n) is 2.97. The third kappa shape index (κ3) is 4.21. The second kappa shape index (κ2) is 7.92. The number of alkyl halides is 7. The van der Waals surface area contributed by atoms with Crippen LogP contribution in [0.1, 0.15) is 35.4 Å². The monoisotopic (exact) mass is 434 g/mol. The summed E-state index contributed by atoms with van der Waals surface area (Å²) in [6.07, 6.45) is -11.0. The van der Waals surface area contributed by atoms with Gasteiger partial charge in [0.25, 0.3) is 12.9 Å². The first-order valence-corrected chi connectivity index (χ1v) is 8.39. The van der Waals surface area contributed by atoms with E-state index in [0.717, 1.165) is 22.9 Å². The highest BCUT2D eigenvalue weighted by Crippen LogP contribution is 2.35. The maximum atomic E-state index is 13.3. The molecule has 0 radical (unpaired) electrons. The van der Waals surface area contributed by atoms with Crippen LogP contribution in [0.25, 0.3) is 11.0 Å². The first-order chi connectivity index (χ1) is 14.0. The summed E-state index contributed by atoms with van der Waals surface area (Å²) < 4.78 is 92.8. The smallest absolute Gasteiger partial charge is 0.324 e. The molecule has 3 aromatic rings. The summed E-state index contributed by atoms with van der Waals surface area (Å²) in [7, 11) is 0. The molecular formula is C18H13F7N4O. The molecule has 1 N–H and O–H groups in total. The molecule has 30 heavy (non-hydrogen) atoms. The average Bonchev–Trinajstić information content (AvgIpc) is 2.95. The van der Waals surface area contributed by atoms with Gasteiger partial charge in [-0.25, -0.2) is 27.2 Å². The summed E-state index contributed by atoms with van der Waals surface area (Å²) in [6.45, 7) is 0.601. The minimum absolute atomic E-state index is 0.0112. The van der Waals surface area contributed by atoms with E-state index in [4.69, 9.17) is 0 Å². The van der Waals surface area contributed by atoms with Gasteiger partial charge in [0, 0.05) is 5.56 Å². The average molecular weight is 434 g/mol. The molecule has 5 nitrogen and oxygen atoms in total. The summed E-state index contributed by atoms with van der Waals surface area (Å²) in [6, 6.07) is 4.80. The number of nitrogens with one attached hydrogen (secondary N) is 1. The van der Waals surface area contributed by atoms with Crippen molar-refractivity contribution in [3.05, 3.63) is 52.8 Å². The topological polar surface area (TPSA) is 59.8 Å². The van der Waals surface area contributed by atoms with Gasteiger partial charge in [0.1, 0.15) is 12.2 Å². The third-order valence-electron chi connectivity index (χ3n) is 4.19. The molecule has 0 spiro atoms. The van der Waals surface area contributed by atoms with Gasteiger partial charge in [0.2, 0.25) is 5.91 Å². The van der Waals surface area contributed by atoms with Gasteiger partial charge < -0.3 is 5.32 Å². The number of benzene rings is 1. The number of rotatable bonds is 5. The van der Waals surface area contributed by atoms with Crippen molar-refractivity contribution >= 4 is 22.6 Å². The molecule has 0 fully saturated rings. The molecule has 2 aromatic heterocycles. The SMILES string of the molecule is Cc1nn(CC(=O)Nc2ccccc2C(F)(F)F)c2nc(C(F)F)cc(C(F)F)c12. The fraction of sp³-hybridized carbons (Fsp3) is 0.278. The quantitative estimate of drug-likeness (QED) is 0.557. The van der Waals surface area contributed by atoms with E-state index in [0.29, 0.717) is 6.07 Å². The number of halogens is 7. The van der Waals surface area contributed by atoms with Gasteiger partial charge in [-0.3, -0.25) is 4.79 Å². The van der Waals surface area contributed by atoms with Crippen LogP contribution in [0.3, 0.4) is 0 Å². The van der Waals surface area contributed by atoms with Crippen molar-refractivity contribution in [1.82, 2.24) is 14.8 Å². The molecule has 0 aliphatic rings. The number of aromatic nitrogens is 3. The normalized spacial score (nSPS) is 12.2. The molecule has 1 amide bonds. The van der Waals surface area contributed by atoms with Crippen molar-refractivity contribution in [2.75, 3.05) is 5.32 Å². The van der Waals surface area contributed by atoms with Gasteiger partial charge in [-0.15, -0.1) is 0 Å². The van der Waals surface area contributed by atoms with E-state index in [2.05, 4.69) is 15.4 Å². The summed E-state index contributed by atoms with van der Waals surface area (Å²) >= 11 is 0. The van der Waals surface area contributed by atoms with E-state index in [-0.39, 0.29) is 16.7 Å². The van der Waals surface area contributed by atoms with Crippen LogP contribution in [0.5, 0.6) is 0 Å². The lowest BCUT2D eigenvalue weighted by Gasteiger charge is -2.13. The molecule has 160 valence electrons. The number of hydrogen-bond donors (Lipinski definition) is 1. The Balaban J connectivity index is 1.98. The van der Waals surface area contributed by atoms with Crippen LogP contribution in [0.2, 0.25) is 0 Å². The summed E-state index contributed by atoms with van der Waals surface area (Å²) in [4.78, 5) is 15.9. The van der Waals surface area contributed by atoms with E-state index < -0.39 is 54.0 Å². The molecule has 0 unspecified atom stereocenters.